The van der Waals surface area contributed by atoms with Crippen LogP contribution in [0.15, 0.2) is 36.4 Å². The Hall–Kier alpha value is -3.82. The number of ether oxygens (including phenoxy) is 2. The first kappa shape index (κ1) is 21.4. The van der Waals surface area contributed by atoms with Gasteiger partial charge in [0, 0.05) is 36.8 Å². The van der Waals surface area contributed by atoms with Crippen LogP contribution < -0.4 is 25.4 Å². The number of hydrogen-bond donors (Lipinski definition) is 3. The molecule has 0 aliphatic carbocycles. The van der Waals surface area contributed by atoms with Crippen LogP contribution in [0.2, 0.25) is 0 Å². The van der Waals surface area contributed by atoms with E-state index in [4.69, 9.17) is 9.47 Å². The summed E-state index contributed by atoms with van der Waals surface area (Å²) < 4.78 is 24.7. The molecule has 2 aromatic rings. The molecular weight excluding hydrogens is 419 g/mol. The highest BCUT2D eigenvalue weighted by molar-refractivity contribution is 6.05. The van der Waals surface area contributed by atoms with Crippen LogP contribution in [0.25, 0.3) is 0 Å². The normalized spacial score (nSPS) is 15.4. The van der Waals surface area contributed by atoms with Crippen LogP contribution in [0.1, 0.15) is 30.1 Å². The molecule has 0 unspecified atom stereocenters. The minimum Gasteiger partial charge on any atom is -0.454 e. The second-order valence-electron chi connectivity index (χ2n) is 7.66. The van der Waals surface area contributed by atoms with Crippen molar-refractivity contribution in [3.8, 4) is 11.5 Å². The Balaban J connectivity index is 1.36. The van der Waals surface area contributed by atoms with Gasteiger partial charge in [-0.25, -0.2) is 9.18 Å². The number of likely N-dealkylation sites (tertiary alicyclic amines) is 1. The van der Waals surface area contributed by atoms with Crippen molar-refractivity contribution < 1.29 is 28.2 Å². The molecule has 2 aliphatic rings. The first-order chi connectivity index (χ1) is 15.4. The number of rotatable bonds is 6. The minimum absolute atomic E-state index is 0.0657. The van der Waals surface area contributed by atoms with Crippen LogP contribution in [0.4, 0.5) is 20.6 Å². The average molecular weight is 442 g/mol. The largest absolute Gasteiger partial charge is 0.454 e. The van der Waals surface area contributed by atoms with Gasteiger partial charge in [-0.1, -0.05) is 0 Å². The fourth-order valence-electron chi connectivity index (χ4n) is 3.60. The zero-order valence-corrected chi connectivity index (χ0v) is 17.4. The number of nitrogens with one attached hydrogen (secondary N) is 3. The zero-order valence-electron chi connectivity index (χ0n) is 17.4. The van der Waals surface area contributed by atoms with Gasteiger partial charge in [0.15, 0.2) is 11.5 Å². The van der Waals surface area contributed by atoms with Crippen molar-refractivity contribution in [2.45, 2.75) is 25.8 Å². The molecule has 0 aromatic heterocycles. The maximum absolute atomic E-state index is 14.2. The Bertz CT molecular complexity index is 1060. The van der Waals surface area contributed by atoms with Crippen molar-refractivity contribution in [1.82, 2.24) is 10.2 Å². The summed E-state index contributed by atoms with van der Waals surface area (Å²) in [7, 11) is 0. The van der Waals surface area contributed by atoms with E-state index >= 15 is 0 Å². The first-order valence-electron chi connectivity index (χ1n) is 10.2. The quantitative estimate of drug-likeness (QED) is 0.637. The van der Waals surface area contributed by atoms with E-state index in [2.05, 4.69) is 16.0 Å². The molecule has 4 amide bonds. The molecule has 168 valence electrons. The SMILES string of the molecule is C[C@@H](CN1CCCC1=O)NC(=O)Nc1cc(NC(=O)c2ccc3c(c2)OCO3)ccc1F. The van der Waals surface area contributed by atoms with Gasteiger partial charge in [-0.15, -0.1) is 0 Å². The van der Waals surface area contributed by atoms with Gasteiger partial charge in [-0.3, -0.25) is 9.59 Å². The molecule has 0 spiro atoms. The van der Waals surface area contributed by atoms with Gasteiger partial charge in [-0.2, -0.15) is 0 Å². The maximum Gasteiger partial charge on any atom is 0.319 e. The maximum atomic E-state index is 14.2. The van der Waals surface area contributed by atoms with Crippen molar-refractivity contribution in [3.05, 3.63) is 47.8 Å². The van der Waals surface area contributed by atoms with E-state index in [0.29, 0.717) is 42.3 Å². The standard InChI is InChI=1S/C22H23FN4O5/c1-13(11-27-8-2-3-20(27)28)24-22(30)26-17-10-15(5-6-16(17)23)25-21(29)14-4-7-18-19(9-14)32-12-31-18/h4-7,9-10,13H,2-3,8,11-12H2,1H3,(H,25,29)(H2,24,26,30)/t13-/m0/s1. The van der Waals surface area contributed by atoms with E-state index in [9.17, 15) is 18.8 Å². The summed E-state index contributed by atoms with van der Waals surface area (Å²) in [6.07, 6.45) is 1.34. The van der Waals surface area contributed by atoms with E-state index in [1.807, 2.05) is 0 Å². The second-order valence-corrected chi connectivity index (χ2v) is 7.66. The topological polar surface area (TPSA) is 109 Å². The van der Waals surface area contributed by atoms with Crippen LogP contribution in [-0.4, -0.2) is 48.7 Å². The lowest BCUT2D eigenvalue weighted by atomic mass is 10.2. The van der Waals surface area contributed by atoms with E-state index in [0.717, 1.165) is 12.5 Å². The Kier molecular flexibility index (Phi) is 6.11. The molecule has 2 aliphatic heterocycles. The molecule has 1 atom stereocenters. The molecule has 32 heavy (non-hydrogen) atoms. The number of halogens is 1. The molecule has 0 saturated carbocycles. The van der Waals surface area contributed by atoms with Crippen molar-refractivity contribution >= 4 is 29.2 Å². The lowest BCUT2D eigenvalue weighted by molar-refractivity contribution is -0.127. The predicted molar refractivity (Wildman–Crippen MR) is 114 cm³/mol. The molecule has 1 saturated heterocycles. The molecule has 2 aromatic carbocycles. The van der Waals surface area contributed by atoms with Crippen LogP contribution >= 0.6 is 0 Å². The number of hydrogen-bond acceptors (Lipinski definition) is 5. The third-order valence-electron chi connectivity index (χ3n) is 5.15. The summed E-state index contributed by atoms with van der Waals surface area (Å²) in [5.41, 5.74) is 0.562. The molecule has 0 bridgehead atoms. The highest BCUT2D eigenvalue weighted by Gasteiger charge is 2.22. The number of anilines is 2. The number of nitrogens with zero attached hydrogens (tertiary/aromatic N) is 1. The number of amides is 4. The zero-order chi connectivity index (χ0) is 22.7. The van der Waals surface area contributed by atoms with Gasteiger partial charge in [0.05, 0.1) is 5.69 Å². The third-order valence-corrected chi connectivity index (χ3v) is 5.15. The lowest BCUT2D eigenvalue weighted by Crippen LogP contribution is -2.44. The van der Waals surface area contributed by atoms with Gasteiger partial charge >= 0.3 is 6.03 Å². The van der Waals surface area contributed by atoms with Gasteiger partial charge in [0.1, 0.15) is 5.82 Å². The first-order valence-corrected chi connectivity index (χ1v) is 10.2. The Labute approximate surface area is 183 Å². The van der Waals surface area contributed by atoms with Crippen LogP contribution in [-0.2, 0) is 4.79 Å². The third kappa shape index (κ3) is 4.90. The smallest absolute Gasteiger partial charge is 0.319 e. The predicted octanol–water partition coefficient (Wildman–Crippen LogP) is 2.94. The fourth-order valence-corrected chi connectivity index (χ4v) is 3.60. The van der Waals surface area contributed by atoms with E-state index in [-0.39, 0.29) is 24.4 Å². The van der Waals surface area contributed by atoms with Crippen LogP contribution in [0.5, 0.6) is 11.5 Å². The number of urea groups is 1. The van der Waals surface area contributed by atoms with Gasteiger partial charge in [-0.05, 0) is 49.7 Å². The van der Waals surface area contributed by atoms with Crippen molar-refractivity contribution in [1.29, 1.82) is 0 Å². The molecule has 4 rings (SSSR count). The summed E-state index contributed by atoms with van der Waals surface area (Å²) in [6.45, 7) is 2.93. The minimum atomic E-state index is -0.649. The fraction of sp³-hybridized carbons (Fsp3) is 0.318. The summed E-state index contributed by atoms with van der Waals surface area (Å²) in [5.74, 6) is 0.0264. The van der Waals surface area contributed by atoms with Gasteiger partial charge in [0.25, 0.3) is 5.91 Å². The lowest BCUT2D eigenvalue weighted by Gasteiger charge is -2.22. The van der Waals surface area contributed by atoms with Crippen molar-refractivity contribution in [2.75, 3.05) is 30.5 Å². The molecule has 3 N–H and O–H groups in total. The summed E-state index contributed by atoms with van der Waals surface area (Å²) in [5, 5.41) is 7.80. The molecule has 2 heterocycles. The highest BCUT2D eigenvalue weighted by Crippen LogP contribution is 2.32. The number of benzene rings is 2. The number of carbonyl (C=O) groups is 3. The molecule has 9 nitrogen and oxygen atoms in total. The molecule has 0 radical (unpaired) electrons. The van der Waals surface area contributed by atoms with Crippen molar-refractivity contribution in [3.63, 3.8) is 0 Å². The number of carbonyl (C=O) groups excluding carboxylic acids is 3. The van der Waals surface area contributed by atoms with Crippen molar-refractivity contribution in [2.24, 2.45) is 0 Å². The molecule has 1 fully saturated rings. The van der Waals surface area contributed by atoms with Crippen LogP contribution in [0, 0.1) is 5.82 Å². The number of fused-ring (bicyclic) bond motifs is 1. The molecule has 10 heteroatoms. The van der Waals surface area contributed by atoms with E-state index in [1.165, 1.54) is 12.1 Å². The van der Waals surface area contributed by atoms with E-state index in [1.54, 1.807) is 30.0 Å². The Morgan fingerprint density at radius 1 is 1.12 bits per heavy atom. The Morgan fingerprint density at radius 3 is 2.72 bits per heavy atom. The van der Waals surface area contributed by atoms with E-state index < -0.39 is 17.8 Å². The summed E-state index contributed by atoms with van der Waals surface area (Å²) >= 11 is 0. The van der Waals surface area contributed by atoms with Gasteiger partial charge < -0.3 is 30.3 Å². The highest BCUT2D eigenvalue weighted by atomic mass is 19.1. The van der Waals surface area contributed by atoms with Crippen LogP contribution in [0.3, 0.4) is 0 Å². The Morgan fingerprint density at radius 2 is 1.94 bits per heavy atom. The average Bonchev–Trinajstić information content (AvgIpc) is 3.38. The molecular formula is C22H23FN4O5. The monoisotopic (exact) mass is 442 g/mol. The van der Waals surface area contributed by atoms with Gasteiger partial charge in [0.2, 0.25) is 12.7 Å². The summed E-state index contributed by atoms with van der Waals surface area (Å²) in [4.78, 5) is 38.2. The summed E-state index contributed by atoms with van der Waals surface area (Å²) in [6, 6.07) is 7.73. The second kappa shape index (κ2) is 9.13.